The summed E-state index contributed by atoms with van der Waals surface area (Å²) in [5.41, 5.74) is 5.56. The number of carboxylic acid groups (broad SMARTS) is 2. The summed E-state index contributed by atoms with van der Waals surface area (Å²) in [5, 5.41) is 20.1. The molecule has 10 nitrogen and oxygen atoms in total. The van der Waals surface area contributed by atoms with Crippen LogP contribution < -0.4 is 11.1 Å². The minimum Gasteiger partial charge on any atom is -0.480 e. The summed E-state index contributed by atoms with van der Waals surface area (Å²) >= 11 is 1.29. The van der Waals surface area contributed by atoms with Gasteiger partial charge in [-0.25, -0.2) is 4.79 Å². The first-order chi connectivity index (χ1) is 12.6. The maximum absolute atomic E-state index is 12.4. The molecule has 0 radical (unpaired) electrons. The molecule has 2 rings (SSSR count). The van der Waals surface area contributed by atoms with E-state index in [2.05, 4.69) is 5.32 Å². The van der Waals surface area contributed by atoms with E-state index in [4.69, 9.17) is 10.8 Å². The highest BCUT2D eigenvalue weighted by atomic mass is 32.2. The highest BCUT2D eigenvalue weighted by Crippen LogP contribution is 2.41. The van der Waals surface area contributed by atoms with E-state index in [0.29, 0.717) is 5.57 Å². The minimum atomic E-state index is -1.28. The lowest BCUT2D eigenvalue weighted by Crippen LogP contribution is -2.70. The summed E-state index contributed by atoms with van der Waals surface area (Å²) in [7, 11) is 0. The first-order valence-electron chi connectivity index (χ1n) is 8.30. The highest BCUT2D eigenvalue weighted by Gasteiger charge is 2.54. The molecular formula is C16H21N3O7S. The molecule has 5 N–H and O–H groups in total. The van der Waals surface area contributed by atoms with Gasteiger partial charge in [0.15, 0.2) is 0 Å². The molecule has 2 heterocycles. The lowest BCUT2D eigenvalue weighted by atomic mass is 10.0. The van der Waals surface area contributed by atoms with Crippen LogP contribution in [-0.4, -0.2) is 67.9 Å². The van der Waals surface area contributed by atoms with Crippen LogP contribution >= 0.6 is 11.8 Å². The monoisotopic (exact) mass is 399 g/mol. The van der Waals surface area contributed by atoms with Crippen LogP contribution in [-0.2, 0) is 24.0 Å². The molecule has 3 atom stereocenters. The summed E-state index contributed by atoms with van der Waals surface area (Å²) in [6.45, 7) is 1.35. The average Bonchev–Trinajstić information content (AvgIpc) is 2.58. The number of hydrogen-bond acceptors (Lipinski definition) is 7. The molecule has 1 fully saturated rings. The fourth-order valence-corrected chi connectivity index (χ4v) is 4.32. The van der Waals surface area contributed by atoms with Crippen LogP contribution in [0.3, 0.4) is 0 Å². The van der Waals surface area contributed by atoms with Gasteiger partial charge in [-0.05, 0) is 25.3 Å². The number of amides is 2. The molecule has 2 aliphatic rings. The lowest BCUT2D eigenvalue weighted by molar-refractivity contribution is -0.150. The Morgan fingerprint density at radius 2 is 2.00 bits per heavy atom. The van der Waals surface area contributed by atoms with E-state index >= 15 is 0 Å². The number of Topliss-reactive ketones (excluding diaryl/α,β-unsaturated/α-hetero) is 1. The second kappa shape index (κ2) is 8.53. The normalized spacial score (nSPS) is 22.6. The van der Waals surface area contributed by atoms with Crippen molar-refractivity contribution >= 4 is 41.3 Å². The molecule has 0 saturated carbocycles. The number of nitrogens with two attached hydrogens (primary N) is 1. The quantitative estimate of drug-likeness (QED) is 0.366. The van der Waals surface area contributed by atoms with E-state index in [9.17, 15) is 29.1 Å². The SMILES string of the molecule is CC(=O)CC1=C(C(=O)O)N2C(=O)C(NC(=O)CCCC(N)C(=O)O)C2SC1. The topological polar surface area (TPSA) is 167 Å². The molecule has 148 valence electrons. The zero-order chi connectivity index (χ0) is 20.3. The smallest absolute Gasteiger partial charge is 0.352 e. The first-order valence-corrected chi connectivity index (χ1v) is 9.35. The van der Waals surface area contributed by atoms with Crippen molar-refractivity contribution in [2.75, 3.05) is 5.75 Å². The molecule has 27 heavy (non-hydrogen) atoms. The number of β-lactam (4-membered cyclic amide) rings is 1. The summed E-state index contributed by atoms with van der Waals surface area (Å²) in [5.74, 6) is -3.30. The first kappa shape index (κ1) is 20.9. The van der Waals surface area contributed by atoms with Gasteiger partial charge in [-0.2, -0.15) is 0 Å². The van der Waals surface area contributed by atoms with Crippen molar-refractivity contribution in [1.29, 1.82) is 0 Å². The molecule has 11 heteroatoms. The molecule has 2 amide bonds. The number of hydrogen-bond donors (Lipinski definition) is 4. The largest absolute Gasteiger partial charge is 0.480 e. The van der Waals surface area contributed by atoms with Gasteiger partial charge in [0.05, 0.1) is 0 Å². The van der Waals surface area contributed by atoms with Crippen molar-refractivity contribution in [3.05, 3.63) is 11.3 Å². The predicted octanol–water partition coefficient (Wildman–Crippen LogP) is -0.714. The summed E-state index contributed by atoms with van der Waals surface area (Å²) < 4.78 is 0. The standard InChI is InChI=1S/C16H21N3O7S/c1-7(20)5-8-6-27-14-11(13(22)19(14)12(8)16(25)26)18-10(21)4-2-3-9(17)15(23)24/h9,11,14H,2-6,17H2,1H3,(H,18,21)(H,23,24)(H,25,26). The predicted molar refractivity (Wildman–Crippen MR) is 94.4 cm³/mol. The number of carboxylic acids is 2. The molecule has 0 aromatic carbocycles. The summed E-state index contributed by atoms with van der Waals surface area (Å²) in [6, 6.07) is -1.89. The van der Waals surface area contributed by atoms with Gasteiger partial charge in [-0.15, -0.1) is 11.8 Å². The number of nitrogens with zero attached hydrogens (tertiary/aromatic N) is 1. The van der Waals surface area contributed by atoms with Crippen molar-refractivity contribution in [1.82, 2.24) is 10.2 Å². The Bertz CT molecular complexity index is 721. The Balaban J connectivity index is 1.96. The van der Waals surface area contributed by atoms with E-state index in [0.717, 1.165) is 4.90 Å². The van der Waals surface area contributed by atoms with Crippen molar-refractivity contribution in [3.63, 3.8) is 0 Å². The van der Waals surface area contributed by atoms with Crippen molar-refractivity contribution in [3.8, 4) is 0 Å². The molecule has 0 spiro atoms. The number of fused-ring (bicyclic) bond motifs is 1. The molecule has 3 unspecified atom stereocenters. The van der Waals surface area contributed by atoms with E-state index in [1.54, 1.807) is 0 Å². The Morgan fingerprint density at radius 1 is 1.33 bits per heavy atom. The highest BCUT2D eigenvalue weighted by molar-refractivity contribution is 8.00. The van der Waals surface area contributed by atoms with Crippen molar-refractivity contribution < 1.29 is 34.2 Å². The number of ketones is 1. The second-order valence-corrected chi connectivity index (χ2v) is 7.53. The van der Waals surface area contributed by atoms with Gasteiger partial charge in [0, 0.05) is 18.6 Å². The van der Waals surface area contributed by atoms with E-state index in [1.165, 1.54) is 18.7 Å². The fourth-order valence-electron chi connectivity index (χ4n) is 2.97. The third kappa shape index (κ3) is 4.66. The number of carbonyl (C=O) groups excluding carboxylic acids is 3. The number of thioether (sulfide) groups is 1. The van der Waals surface area contributed by atoms with Gasteiger partial charge in [0.25, 0.3) is 5.91 Å². The Labute approximate surface area is 159 Å². The van der Waals surface area contributed by atoms with Gasteiger partial charge in [-0.1, -0.05) is 0 Å². The van der Waals surface area contributed by atoms with Crippen LogP contribution in [0, 0.1) is 0 Å². The lowest BCUT2D eigenvalue weighted by Gasteiger charge is -2.49. The number of aliphatic carboxylic acids is 2. The Kier molecular flexibility index (Phi) is 6.60. The number of rotatable bonds is 9. The minimum absolute atomic E-state index is 0.0133. The van der Waals surface area contributed by atoms with Gasteiger partial charge in [-0.3, -0.25) is 24.1 Å². The molecule has 0 aliphatic carbocycles. The molecule has 0 aromatic heterocycles. The molecular weight excluding hydrogens is 378 g/mol. The Morgan fingerprint density at radius 3 is 2.56 bits per heavy atom. The van der Waals surface area contributed by atoms with E-state index < -0.39 is 41.2 Å². The molecule has 2 aliphatic heterocycles. The molecule has 1 saturated heterocycles. The summed E-state index contributed by atoms with van der Waals surface area (Å²) in [6.07, 6.45) is 0.363. The molecule has 0 bridgehead atoms. The van der Waals surface area contributed by atoms with Crippen LogP contribution in [0.15, 0.2) is 11.3 Å². The Hall–Kier alpha value is -2.40. The van der Waals surface area contributed by atoms with Gasteiger partial charge in [0.2, 0.25) is 5.91 Å². The summed E-state index contributed by atoms with van der Waals surface area (Å²) in [4.78, 5) is 59.0. The third-order valence-electron chi connectivity index (χ3n) is 4.26. The third-order valence-corrected chi connectivity index (χ3v) is 5.60. The molecule has 0 aromatic rings. The van der Waals surface area contributed by atoms with Gasteiger partial charge in [0.1, 0.15) is 28.9 Å². The van der Waals surface area contributed by atoms with Crippen molar-refractivity contribution in [2.45, 2.75) is 50.1 Å². The van der Waals surface area contributed by atoms with E-state index in [-0.39, 0.29) is 42.9 Å². The second-order valence-electron chi connectivity index (χ2n) is 6.43. The van der Waals surface area contributed by atoms with Crippen LogP contribution in [0.2, 0.25) is 0 Å². The number of nitrogens with one attached hydrogen (secondary N) is 1. The van der Waals surface area contributed by atoms with Crippen LogP contribution in [0.4, 0.5) is 0 Å². The van der Waals surface area contributed by atoms with Crippen LogP contribution in [0.25, 0.3) is 0 Å². The van der Waals surface area contributed by atoms with Crippen LogP contribution in [0.1, 0.15) is 32.6 Å². The fraction of sp³-hybridized carbons (Fsp3) is 0.562. The van der Waals surface area contributed by atoms with Crippen molar-refractivity contribution in [2.24, 2.45) is 5.73 Å². The maximum atomic E-state index is 12.4. The zero-order valence-corrected chi connectivity index (χ0v) is 15.5. The number of carbonyl (C=O) groups is 5. The van der Waals surface area contributed by atoms with Gasteiger partial charge < -0.3 is 21.3 Å². The van der Waals surface area contributed by atoms with Gasteiger partial charge >= 0.3 is 11.9 Å². The van der Waals surface area contributed by atoms with E-state index in [1.807, 2.05) is 0 Å². The van der Waals surface area contributed by atoms with Crippen LogP contribution in [0.5, 0.6) is 0 Å². The zero-order valence-electron chi connectivity index (χ0n) is 14.6. The average molecular weight is 399 g/mol. The maximum Gasteiger partial charge on any atom is 0.352 e.